The van der Waals surface area contributed by atoms with E-state index in [0.29, 0.717) is 34.6 Å². The van der Waals surface area contributed by atoms with Crippen LogP contribution in [0.4, 0.5) is 0 Å². The number of carbonyl (C=O) groups is 1. The standard InChI is InChI=1S/C31H31NO6/c1-5-6-15-37-25-14-10-21(17-26(25)36-4)28-27-29(33)23-16-19(2)7-13-24(23)38-30(27)31(34)32(28)18-20-8-11-22(35-3)12-9-20/h7-14,16-17,28H,5-6,15,18H2,1-4H3. The molecule has 2 heterocycles. The van der Waals surface area contributed by atoms with Crippen LogP contribution in [-0.4, -0.2) is 31.6 Å². The van der Waals surface area contributed by atoms with Crippen molar-refractivity contribution in [2.24, 2.45) is 0 Å². The fourth-order valence-electron chi connectivity index (χ4n) is 4.87. The summed E-state index contributed by atoms with van der Waals surface area (Å²) in [7, 11) is 3.19. The molecule has 3 aromatic carbocycles. The maximum Gasteiger partial charge on any atom is 0.291 e. The highest BCUT2D eigenvalue weighted by Crippen LogP contribution is 2.42. The summed E-state index contributed by atoms with van der Waals surface area (Å²) in [6.45, 7) is 4.89. The molecule has 7 heteroatoms. The molecular formula is C31H31NO6. The number of nitrogens with zero attached hydrogens (tertiary/aromatic N) is 1. The molecule has 0 bridgehead atoms. The smallest absolute Gasteiger partial charge is 0.291 e. The molecule has 0 N–H and O–H groups in total. The largest absolute Gasteiger partial charge is 0.497 e. The van der Waals surface area contributed by atoms with E-state index < -0.39 is 6.04 Å². The van der Waals surface area contributed by atoms with Crippen molar-refractivity contribution in [1.82, 2.24) is 4.90 Å². The van der Waals surface area contributed by atoms with Gasteiger partial charge in [-0.1, -0.05) is 43.2 Å². The van der Waals surface area contributed by atoms with Gasteiger partial charge in [-0.3, -0.25) is 9.59 Å². The van der Waals surface area contributed by atoms with Crippen molar-refractivity contribution in [2.45, 2.75) is 39.3 Å². The lowest BCUT2D eigenvalue weighted by molar-refractivity contribution is 0.0714. The van der Waals surface area contributed by atoms with E-state index in [1.54, 1.807) is 31.3 Å². The number of carbonyl (C=O) groups excluding carboxylic acids is 1. The van der Waals surface area contributed by atoms with Gasteiger partial charge < -0.3 is 23.5 Å². The molecule has 4 aromatic rings. The summed E-state index contributed by atoms with van der Waals surface area (Å²) < 4.78 is 22.9. The Bertz CT molecular complexity index is 1540. The third-order valence-electron chi connectivity index (χ3n) is 6.89. The van der Waals surface area contributed by atoms with Crippen molar-refractivity contribution < 1.29 is 23.4 Å². The van der Waals surface area contributed by atoms with E-state index in [4.69, 9.17) is 18.6 Å². The van der Waals surface area contributed by atoms with Gasteiger partial charge in [0.1, 0.15) is 11.3 Å². The monoisotopic (exact) mass is 513 g/mol. The van der Waals surface area contributed by atoms with E-state index >= 15 is 0 Å². The Balaban J connectivity index is 1.64. The molecule has 1 aliphatic rings. The van der Waals surface area contributed by atoms with Gasteiger partial charge in [0.15, 0.2) is 16.9 Å². The first-order chi connectivity index (χ1) is 18.4. The van der Waals surface area contributed by atoms with Crippen LogP contribution in [0.1, 0.15) is 58.6 Å². The topological polar surface area (TPSA) is 78.2 Å². The number of methoxy groups -OCH3 is 2. The second-order valence-corrected chi connectivity index (χ2v) is 9.47. The van der Waals surface area contributed by atoms with Gasteiger partial charge in [0.05, 0.1) is 37.8 Å². The number of fused-ring (bicyclic) bond motifs is 2. The first-order valence-electron chi connectivity index (χ1n) is 12.8. The van der Waals surface area contributed by atoms with Crippen LogP contribution in [0.15, 0.2) is 69.9 Å². The number of unbranched alkanes of at least 4 members (excludes halogenated alkanes) is 1. The Kier molecular flexibility index (Phi) is 7.09. The second kappa shape index (κ2) is 10.6. The van der Waals surface area contributed by atoms with Gasteiger partial charge in [-0.2, -0.15) is 0 Å². The van der Waals surface area contributed by atoms with Crippen molar-refractivity contribution in [3.8, 4) is 17.2 Å². The number of benzene rings is 3. The summed E-state index contributed by atoms with van der Waals surface area (Å²) in [5.74, 6) is 1.64. The van der Waals surface area contributed by atoms with E-state index in [2.05, 4.69) is 6.92 Å². The quantitative estimate of drug-likeness (QED) is 0.254. The van der Waals surface area contributed by atoms with E-state index in [9.17, 15) is 9.59 Å². The fourth-order valence-corrected chi connectivity index (χ4v) is 4.87. The molecular weight excluding hydrogens is 482 g/mol. The van der Waals surface area contributed by atoms with Gasteiger partial charge in [-0.15, -0.1) is 0 Å². The fraction of sp³-hybridized carbons (Fsp3) is 0.290. The molecule has 0 fully saturated rings. The summed E-state index contributed by atoms with van der Waals surface area (Å²) in [5, 5.41) is 0.458. The average Bonchev–Trinajstić information content (AvgIpc) is 3.21. The van der Waals surface area contributed by atoms with Crippen LogP contribution in [0, 0.1) is 6.92 Å². The van der Waals surface area contributed by atoms with Gasteiger partial charge in [0.25, 0.3) is 5.91 Å². The molecule has 0 spiro atoms. The maximum absolute atomic E-state index is 13.9. The van der Waals surface area contributed by atoms with Crippen molar-refractivity contribution in [2.75, 3.05) is 20.8 Å². The number of hydrogen-bond donors (Lipinski definition) is 0. The number of rotatable bonds is 9. The van der Waals surface area contributed by atoms with Crippen molar-refractivity contribution in [3.63, 3.8) is 0 Å². The Morgan fingerprint density at radius 2 is 1.71 bits per heavy atom. The lowest BCUT2D eigenvalue weighted by Crippen LogP contribution is -2.29. The van der Waals surface area contributed by atoms with E-state index in [-0.39, 0.29) is 23.6 Å². The molecule has 0 radical (unpaired) electrons. The minimum Gasteiger partial charge on any atom is -0.497 e. The van der Waals surface area contributed by atoms with E-state index in [1.165, 1.54) is 0 Å². The Labute approximate surface area is 221 Å². The number of amides is 1. The normalized spacial score (nSPS) is 14.6. The van der Waals surface area contributed by atoms with Gasteiger partial charge in [-0.25, -0.2) is 0 Å². The van der Waals surface area contributed by atoms with Crippen LogP contribution < -0.4 is 19.6 Å². The summed E-state index contributed by atoms with van der Waals surface area (Å²) in [6, 6.07) is 17.8. The maximum atomic E-state index is 13.9. The predicted molar refractivity (Wildman–Crippen MR) is 145 cm³/mol. The Morgan fingerprint density at radius 1 is 0.921 bits per heavy atom. The third kappa shape index (κ3) is 4.60. The second-order valence-electron chi connectivity index (χ2n) is 9.47. The molecule has 0 saturated heterocycles. The lowest BCUT2D eigenvalue weighted by Gasteiger charge is -2.26. The summed E-state index contributed by atoms with van der Waals surface area (Å²) >= 11 is 0. The first-order valence-corrected chi connectivity index (χ1v) is 12.8. The highest BCUT2D eigenvalue weighted by atomic mass is 16.5. The van der Waals surface area contributed by atoms with Gasteiger partial charge >= 0.3 is 0 Å². The molecule has 1 aromatic heterocycles. The predicted octanol–water partition coefficient (Wildman–Crippen LogP) is 6.04. The minimum absolute atomic E-state index is 0.0760. The SMILES string of the molecule is CCCCOc1ccc(C2c3c(oc4ccc(C)cc4c3=O)C(=O)N2Cc2ccc(OC)cc2)cc1OC. The molecule has 1 atom stereocenters. The van der Waals surface area contributed by atoms with Crippen molar-refractivity contribution in [1.29, 1.82) is 0 Å². The van der Waals surface area contributed by atoms with E-state index in [1.807, 2.05) is 55.5 Å². The zero-order valence-electron chi connectivity index (χ0n) is 22.1. The van der Waals surface area contributed by atoms with Crippen LogP contribution in [0.5, 0.6) is 17.2 Å². The van der Waals surface area contributed by atoms with Gasteiger partial charge in [0.2, 0.25) is 5.76 Å². The van der Waals surface area contributed by atoms with Crippen molar-refractivity contribution in [3.05, 3.63) is 98.9 Å². The molecule has 1 aliphatic heterocycles. The first kappa shape index (κ1) is 25.4. The van der Waals surface area contributed by atoms with Gasteiger partial charge in [0, 0.05) is 6.54 Å². The molecule has 196 valence electrons. The lowest BCUT2D eigenvalue weighted by atomic mass is 9.97. The third-order valence-corrected chi connectivity index (χ3v) is 6.89. The Morgan fingerprint density at radius 3 is 2.42 bits per heavy atom. The molecule has 38 heavy (non-hydrogen) atoms. The van der Waals surface area contributed by atoms with Crippen LogP contribution >= 0.6 is 0 Å². The number of hydrogen-bond acceptors (Lipinski definition) is 6. The highest BCUT2D eigenvalue weighted by molar-refractivity contribution is 5.99. The van der Waals surface area contributed by atoms with Gasteiger partial charge in [-0.05, 0) is 60.9 Å². The summed E-state index contributed by atoms with van der Waals surface area (Å²) in [6.07, 6.45) is 1.95. The zero-order valence-corrected chi connectivity index (χ0v) is 22.1. The minimum atomic E-state index is -0.653. The average molecular weight is 514 g/mol. The van der Waals surface area contributed by atoms with E-state index in [0.717, 1.165) is 35.3 Å². The molecule has 0 aliphatic carbocycles. The summed E-state index contributed by atoms with van der Waals surface area (Å²) in [4.78, 5) is 29.3. The van der Waals surface area contributed by atoms with Crippen LogP contribution in [0.3, 0.4) is 0 Å². The Hall–Kier alpha value is -4.26. The highest BCUT2D eigenvalue weighted by Gasteiger charge is 2.43. The molecule has 5 rings (SSSR count). The molecule has 1 amide bonds. The zero-order chi connectivity index (χ0) is 26.8. The molecule has 7 nitrogen and oxygen atoms in total. The number of ether oxygens (including phenoxy) is 3. The van der Waals surface area contributed by atoms with Crippen molar-refractivity contribution >= 4 is 16.9 Å². The van der Waals surface area contributed by atoms with Crippen LogP contribution in [-0.2, 0) is 6.54 Å². The van der Waals surface area contributed by atoms with Crippen LogP contribution in [0.25, 0.3) is 11.0 Å². The molecule has 1 unspecified atom stereocenters. The van der Waals surface area contributed by atoms with Crippen LogP contribution in [0.2, 0.25) is 0 Å². The summed E-state index contributed by atoms with van der Waals surface area (Å²) in [5.41, 5.74) is 3.11. The number of aryl methyl sites for hydroxylation is 1. The molecule has 0 saturated carbocycles.